The summed E-state index contributed by atoms with van der Waals surface area (Å²) in [5, 5.41) is -0.0281. The zero-order valence-corrected chi connectivity index (χ0v) is 11.7. The molecule has 1 amide bonds. The van der Waals surface area contributed by atoms with Gasteiger partial charge in [0.15, 0.2) is 5.78 Å². The molecule has 0 spiro atoms. The molecule has 1 unspecified atom stereocenters. The first-order chi connectivity index (χ1) is 8.58. The second kappa shape index (κ2) is 5.14. The van der Waals surface area contributed by atoms with E-state index in [1.54, 1.807) is 24.8 Å². The number of Topliss-reactive ketones (excluding diaryl/α,β-unsaturated/α-hetero) is 1. The highest BCUT2D eigenvalue weighted by atomic mass is 32.2. The van der Waals surface area contributed by atoms with Crippen LogP contribution in [0, 0.1) is 0 Å². The van der Waals surface area contributed by atoms with E-state index in [9.17, 15) is 9.59 Å². The Labute approximate surface area is 112 Å². The van der Waals surface area contributed by atoms with E-state index in [1.165, 1.54) is 0 Å². The summed E-state index contributed by atoms with van der Waals surface area (Å²) in [7, 11) is 0. The third-order valence-electron chi connectivity index (χ3n) is 3.15. The minimum Gasteiger partial charge on any atom is -0.311 e. The summed E-state index contributed by atoms with van der Waals surface area (Å²) >= 11 is 1.57. The molecule has 1 aromatic carbocycles. The van der Waals surface area contributed by atoms with E-state index in [2.05, 4.69) is 0 Å². The van der Waals surface area contributed by atoms with Crippen LogP contribution in [0.25, 0.3) is 0 Å². The number of nitrogens with zero attached hydrogens (tertiary/aromatic N) is 1. The molecule has 0 bridgehead atoms. The molecule has 0 saturated heterocycles. The fourth-order valence-corrected chi connectivity index (χ4v) is 3.33. The van der Waals surface area contributed by atoms with E-state index < -0.39 is 0 Å². The number of rotatable bonds is 3. The van der Waals surface area contributed by atoms with Crippen LogP contribution in [0.2, 0.25) is 0 Å². The van der Waals surface area contributed by atoms with Gasteiger partial charge in [-0.1, -0.05) is 6.92 Å². The number of amides is 1. The fourth-order valence-electron chi connectivity index (χ4n) is 2.13. The van der Waals surface area contributed by atoms with Crippen LogP contribution in [-0.4, -0.2) is 23.5 Å². The topological polar surface area (TPSA) is 37.4 Å². The van der Waals surface area contributed by atoms with Crippen LogP contribution in [0.1, 0.15) is 37.6 Å². The standard InChI is InChI=1S/C14H17NO2S/c1-4-12-14(17)15(5-2)11-7-6-10(9(3)16)8-13(11)18-12/h6-8,12H,4-5H2,1-3H3. The van der Waals surface area contributed by atoms with Crippen molar-refractivity contribution in [3.63, 3.8) is 0 Å². The van der Waals surface area contributed by atoms with Crippen LogP contribution >= 0.6 is 11.8 Å². The lowest BCUT2D eigenvalue weighted by Crippen LogP contribution is -2.40. The number of thioether (sulfide) groups is 1. The van der Waals surface area contributed by atoms with Crippen LogP contribution in [0.15, 0.2) is 23.1 Å². The maximum Gasteiger partial charge on any atom is 0.240 e. The molecule has 4 heteroatoms. The predicted molar refractivity (Wildman–Crippen MR) is 74.4 cm³/mol. The van der Waals surface area contributed by atoms with Gasteiger partial charge in [0.2, 0.25) is 5.91 Å². The van der Waals surface area contributed by atoms with Crippen molar-refractivity contribution in [2.24, 2.45) is 0 Å². The van der Waals surface area contributed by atoms with E-state index in [0.29, 0.717) is 12.1 Å². The predicted octanol–water partition coefficient (Wildman–Crippen LogP) is 3.13. The first-order valence-corrected chi connectivity index (χ1v) is 7.09. The summed E-state index contributed by atoms with van der Waals surface area (Å²) in [5.41, 5.74) is 1.64. The van der Waals surface area contributed by atoms with Crippen molar-refractivity contribution in [2.45, 2.75) is 37.3 Å². The van der Waals surface area contributed by atoms with Crippen molar-refractivity contribution < 1.29 is 9.59 Å². The minimum absolute atomic E-state index is 0.0281. The molecule has 0 N–H and O–H groups in total. The van der Waals surface area contributed by atoms with Gasteiger partial charge in [0, 0.05) is 17.0 Å². The monoisotopic (exact) mass is 263 g/mol. The van der Waals surface area contributed by atoms with Crippen molar-refractivity contribution in [2.75, 3.05) is 11.4 Å². The highest BCUT2D eigenvalue weighted by molar-refractivity contribution is 8.01. The smallest absolute Gasteiger partial charge is 0.240 e. The van der Waals surface area contributed by atoms with E-state index in [1.807, 2.05) is 30.9 Å². The SMILES string of the molecule is CCC1Sc2cc(C(C)=O)ccc2N(CC)C1=O. The minimum atomic E-state index is -0.0281. The second-order valence-electron chi connectivity index (χ2n) is 4.34. The molecule has 0 radical (unpaired) electrons. The third-order valence-corrected chi connectivity index (χ3v) is 4.56. The number of fused-ring (bicyclic) bond motifs is 1. The number of ketones is 1. The number of carbonyl (C=O) groups is 2. The molecule has 1 atom stereocenters. The van der Waals surface area contributed by atoms with Gasteiger partial charge in [-0.25, -0.2) is 0 Å². The van der Waals surface area contributed by atoms with Gasteiger partial charge < -0.3 is 4.90 Å². The molecule has 0 aromatic heterocycles. The van der Waals surface area contributed by atoms with E-state index in [-0.39, 0.29) is 16.9 Å². The number of hydrogen-bond acceptors (Lipinski definition) is 3. The largest absolute Gasteiger partial charge is 0.311 e. The molecule has 2 rings (SSSR count). The molecule has 1 heterocycles. The molecular weight excluding hydrogens is 246 g/mol. The lowest BCUT2D eigenvalue weighted by molar-refractivity contribution is -0.118. The number of anilines is 1. The first kappa shape index (κ1) is 13.1. The van der Waals surface area contributed by atoms with Crippen LogP contribution in [-0.2, 0) is 4.79 Å². The third kappa shape index (κ3) is 2.17. The summed E-state index contributed by atoms with van der Waals surface area (Å²) in [6.07, 6.45) is 0.809. The fraction of sp³-hybridized carbons (Fsp3) is 0.429. The molecule has 18 heavy (non-hydrogen) atoms. The van der Waals surface area contributed by atoms with Gasteiger partial charge in [0.1, 0.15) is 0 Å². The van der Waals surface area contributed by atoms with Gasteiger partial charge in [0.05, 0.1) is 10.9 Å². The van der Waals surface area contributed by atoms with Crippen LogP contribution in [0.3, 0.4) is 0 Å². The number of benzene rings is 1. The van der Waals surface area contributed by atoms with Crippen LogP contribution in [0.4, 0.5) is 5.69 Å². The summed E-state index contributed by atoms with van der Waals surface area (Å²) in [4.78, 5) is 26.5. The summed E-state index contributed by atoms with van der Waals surface area (Å²) in [6, 6.07) is 5.58. The molecule has 0 aliphatic carbocycles. The molecule has 3 nitrogen and oxygen atoms in total. The molecule has 96 valence electrons. The van der Waals surface area contributed by atoms with Gasteiger partial charge in [0.25, 0.3) is 0 Å². The zero-order valence-electron chi connectivity index (χ0n) is 10.9. The average Bonchev–Trinajstić information content (AvgIpc) is 2.37. The first-order valence-electron chi connectivity index (χ1n) is 6.21. The normalized spacial score (nSPS) is 18.7. The second-order valence-corrected chi connectivity index (χ2v) is 5.58. The van der Waals surface area contributed by atoms with Crippen LogP contribution in [0.5, 0.6) is 0 Å². The molecular formula is C14H17NO2S. The van der Waals surface area contributed by atoms with Crippen LogP contribution < -0.4 is 4.90 Å². The van der Waals surface area contributed by atoms with Crippen molar-refractivity contribution in [1.29, 1.82) is 0 Å². The molecule has 1 aromatic rings. The van der Waals surface area contributed by atoms with E-state index >= 15 is 0 Å². The summed E-state index contributed by atoms with van der Waals surface area (Å²) < 4.78 is 0. The van der Waals surface area contributed by atoms with Gasteiger partial charge in [-0.15, -0.1) is 11.8 Å². The Morgan fingerprint density at radius 3 is 2.67 bits per heavy atom. The maximum absolute atomic E-state index is 12.2. The Hall–Kier alpha value is -1.29. The van der Waals surface area contributed by atoms with Gasteiger partial charge in [-0.2, -0.15) is 0 Å². The van der Waals surface area contributed by atoms with Crippen molar-refractivity contribution in [3.8, 4) is 0 Å². The van der Waals surface area contributed by atoms with Gasteiger partial charge in [-0.3, -0.25) is 9.59 Å². The number of hydrogen-bond donors (Lipinski definition) is 0. The summed E-state index contributed by atoms with van der Waals surface area (Å²) in [6.45, 7) is 6.23. The highest BCUT2D eigenvalue weighted by Crippen LogP contribution is 2.40. The Kier molecular flexibility index (Phi) is 3.76. The lowest BCUT2D eigenvalue weighted by Gasteiger charge is -2.32. The van der Waals surface area contributed by atoms with Gasteiger partial charge in [-0.05, 0) is 38.5 Å². The number of carbonyl (C=O) groups excluding carboxylic acids is 2. The zero-order chi connectivity index (χ0) is 13.3. The molecule has 0 saturated carbocycles. The van der Waals surface area contributed by atoms with Crippen molar-refractivity contribution in [1.82, 2.24) is 0 Å². The average molecular weight is 263 g/mol. The van der Waals surface area contributed by atoms with Gasteiger partial charge >= 0.3 is 0 Å². The van der Waals surface area contributed by atoms with E-state index in [0.717, 1.165) is 17.0 Å². The van der Waals surface area contributed by atoms with Crippen molar-refractivity contribution >= 4 is 29.1 Å². The Morgan fingerprint density at radius 2 is 2.11 bits per heavy atom. The highest BCUT2D eigenvalue weighted by Gasteiger charge is 2.31. The summed E-state index contributed by atoms with van der Waals surface area (Å²) in [5.74, 6) is 0.236. The Morgan fingerprint density at radius 1 is 1.39 bits per heavy atom. The quantitative estimate of drug-likeness (QED) is 0.786. The molecule has 1 aliphatic heterocycles. The maximum atomic E-state index is 12.2. The van der Waals surface area contributed by atoms with E-state index in [4.69, 9.17) is 0 Å². The Balaban J connectivity index is 2.47. The lowest BCUT2D eigenvalue weighted by atomic mass is 10.1. The van der Waals surface area contributed by atoms with Crippen molar-refractivity contribution in [3.05, 3.63) is 23.8 Å². The molecule has 0 fully saturated rings. The Bertz CT molecular complexity index is 499. The molecule has 1 aliphatic rings.